The number of para-hydroxylation sites is 1. The van der Waals surface area contributed by atoms with Gasteiger partial charge in [0.2, 0.25) is 10.0 Å². The molecular formula is C15H22N2O3S. The first kappa shape index (κ1) is 14.8. The van der Waals surface area contributed by atoms with Gasteiger partial charge in [0.05, 0.1) is 7.11 Å². The molecule has 1 saturated carbocycles. The fourth-order valence-corrected chi connectivity index (χ4v) is 4.42. The Balaban J connectivity index is 1.66. The topological polar surface area (TPSA) is 58.6 Å². The molecule has 2 fully saturated rings. The maximum absolute atomic E-state index is 12.5. The highest BCUT2D eigenvalue weighted by Gasteiger charge is 2.33. The van der Waals surface area contributed by atoms with Gasteiger partial charge in [-0.3, -0.25) is 0 Å². The van der Waals surface area contributed by atoms with Crippen LogP contribution in [-0.4, -0.2) is 45.6 Å². The number of methoxy groups -OCH3 is 1. The molecule has 0 aromatic heterocycles. The number of nitrogens with zero attached hydrogens (tertiary/aromatic N) is 1. The highest BCUT2D eigenvalue weighted by atomic mass is 32.2. The normalized spacial score (nSPS) is 21.4. The van der Waals surface area contributed by atoms with Crippen molar-refractivity contribution in [2.45, 2.75) is 42.7 Å². The average Bonchev–Trinajstić information content (AvgIpc) is 3.32. The van der Waals surface area contributed by atoms with Crippen LogP contribution in [0.4, 0.5) is 0 Å². The van der Waals surface area contributed by atoms with Crippen LogP contribution in [0.3, 0.4) is 0 Å². The van der Waals surface area contributed by atoms with Gasteiger partial charge < -0.3 is 9.64 Å². The summed E-state index contributed by atoms with van der Waals surface area (Å²) in [4.78, 5) is 2.70. The quantitative estimate of drug-likeness (QED) is 0.897. The number of ether oxygens (including phenoxy) is 1. The smallest absolute Gasteiger partial charge is 0.244 e. The number of hydrogen-bond acceptors (Lipinski definition) is 4. The van der Waals surface area contributed by atoms with Crippen LogP contribution in [0.15, 0.2) is 29.2 Å². The lowest BCUT2D eigenvalue weighted by Crippen LogP contribution is -2.45. The zero-order chi connectivity index (χ0) is 14.9. The molecule has 21 heavy (non-hydrogen) atoms. The fraction of sp³-hybridized carbons (Fsp3) is 0.600. The van der Waals surface area contributed by atoms with E-state index in [2.05, 4.69) is 9.62 Å². The lowest BCUT2D eigenvalue weighted by atomic mass is 10.1. The summed E-state index contributed by atoms with van der Waals surface area (Å²) in [5, 5.41) is 0. The maximum Gasteiger partial charge on any atom is 0.244 e. The summed E-state index contributed by atoms with van der Waals surface area (Å²) < 4.78 is 33.0. The van der Waals surface area contributed by atoms with Gasteiger partial charge in [0.1, 0.15) is 10.6 Å². The Kier molecular flexibility index (Phi) is 4.19. The van der Waals surface area contributed by atoms with E-state index in [1.807, 2.05) is 0 Å². The molecule has 0 unspecified atom stereocenters. The van der Waals surface area contributed by atoms with Gasteiger partial charge in [-0.15, -0.1) is 0 Å². The van der Waals surface area contributed by atoms with E-state index < -0.39 is 10.0 Å². The molecule has 0 atom stereocenters. The van der Waals surface area contributed by atoms with Crippen molar-refractivity contribution in [1.82, 2.24) is 9.62 Å². The molecule has 0 amide bonds. The monoisotopic (exact) mass is 310 g/mol. The molecule has 5 nitrogen and oxygen atoms in total. The van der Waals surface area contributed by atoms with Crippen LogP contribution in [0.25, 0.3) is 0 Å². The van der Waals surface area contributed by atoms with E-state index in [4.69, 9.17) is 4.74 Å². The van der Waals surface area contributed by atoms with Crippen molar-refractivity contribution in [3.8, 4) is 5.75 Å². The molecule has 116 valence electrons. The molecule has 1 aliphatic heterocycles. The van der Waals surface area contributed by atoms with Gasteiger partial charge >= 0.3 is 0 Å². The summed E-state index contributed by atoms with van der Waals surface area (Å²) in [5.41, 5.74) is 0. The number of likely N-dealkylation sites (tertiary alicyclic amines) is 1. The van der Waals surface area contributed by atoms with Gasteiger partial charge in [-0.2, -0.15) is 0 Å². The highest BCUT2D eigenvalue weighted by molar-refractivity contribution is 7.89. The second-order valence-corrected chi connectivity index (χ2v) is 7.50. The molecule has 2 aliphatic rings. The number of piperidine rings is 1. The Bertz CT molecular complexity index is 591. The minimum absolute atomic E-state index is 0.0231. The van der Waals surface area contributed by atoms with E-state index in [0.717, 1.165) is 32.0 Å². The number of nitrogens with one attached hydrogen (secondary N) is 1. The molecule has 0 radical (unpaired) electrons. The fourth-order valence-electron chi connectivity index (χ4n) is 2.95. The van der Waals surface area contributed by atoms with Crippen molar-refractivity contribution in [1.29, 1.82) is 0 Å². The van der Waals surface area contributed by atoms with Crippen LogP contribution < -0.4 is 9.46 Å². The van der Waals surface area contributed by atoms with Crippen molar-refractivity contribution in [2.75, 3.05) is 20.2 Å². The standard InChI is InChI=1S/C15H22N2O3S/c1-20-14-4-2-3-5-15(14)21(18,19)16-12-8-10-17(11-9-12)13-6-7-13/h2-5,12-13,16H,6-11H2,1H3. The summed E-state index contributed by atoms with van der Waals surface area (Å²) in [5.74, 6) is 0.389. The predicted octanol–water partition coefficient (Wildman–Crippen LogP) is 1.60. The average molecular weight is 310 g/mol. The zero-order valence-corrected chi connectivity index (χ0v) is 13.1. The van der Waals surface area contributed by atoms with Crippen molar-refractivity contribution in [3.05, 3.63) is 24.3 Å². The summed E-state index contributed by atoms with van der Waals surface area (Å²) in [6.45, 7) is 1.98. The van der Waals surface area contributed by atoms with Crippen molar-refractivity contribution in [2.24, 2.45) is 0 Å². The van der Waals surface area contributed by atoms with E-state index in [9.17, 15) is 8.42 Å². The zero-order valence-electron chi connectivity index (χ0n) is 12.3. The van der Waals surface area contributed by atoms with Crippen molar-refractivity contribution < 1.29 is 13.2 Å². The van der Waals surface area contributed by atoms with Crippen LogP contribution >= 0.6 is 0 Å². The summed E-state index contributed by atoms with van der Waals surface area (Å²) in [7, 11) is -2.03. The molecule has 1 N–H and O–H groups in total. The van der Waals surface area contributed by atoms with Gasteiger partial charge in [0.25, 0.3) is 0 Å². The third kappa shape index (κ3) is 3.39. The minimum atomic E-state index is -3.52. The Labute approximate surface area is 126 Å². The predicted molar refractivity (Wildman–Crippen MR) is 80.9 cm³/mol. The van der Waals surface area contributed by atoms with Crippen molar-refractivity contribution >= 4 is 10.0 Å². The molecule has 1 heterocycles. The van der Waals surface area contributed by atoms with Crippen LogP contribution in [0.1, 0.15) is 25.7 Å². The van der Waals surface area contributed by atoms with E-state index in [1.165, 1.54) is 20.0 Å². The Hall–Kier alpha value is -1.11. The molecule has 1 aromatic rings. The van der Waals surface area contributed by atoms with Crippen LogP contribution in [-0.2, 0) is 10.0 Å². The molecule has 0 bridgehead atoms. The van der Waals surface area contributed by atoms with E-state index >= 15 is 0 Å². The van der Waals surface area contributed by atoms with Gasteiger partial charge in [0, 0.05) is 12.1 Å². The SMILES string of the molecule is COc1ccccc1S(=O)(=O)NC1CCN(C2CC2)CC1. The lowest BCUT2D eigenvalue weighted by Gasteiger charge is -2.32. The van der Waals surface area contributed by atoms with Crippen molar-refractivity contribution in [3.63, 3.8) is 0 Å². The summed E-state index contributed by atoms with van der Waals surface area (Å²) >= 11 is 0. The van der Waals surface area contributed by atoms with Crippen LogP contribution in [0.5, 0.6) is 5.75 Å². The van der Waals surface area contributed by atoms with E-state index in [-0.39, 0.29) is 10.9 Å². The molecule has 3 rings (SSSR count). The van der Waals surface area contributed by atoms with Gasteiger partial charge in [-0.1, -0.05) is 12.1 Å². The number of rotatable bonds is 5. The Morgan fingerprint density at radius 1 is 1.14 bits per heavy atom. The number of hydrogen-bond donors (Lipinski definition) is 1. The first-order chi connectivity index (χ1) is 10.1. The summed E-state index contributed by atoms with van der Waals surface area (Å²) in [6, 6.07) is 7.52. The molecule has 1 aromatic carbocycles. The second kappa shape index (κ2) is 5.94. The largest absolute Gasteiger partial charge is 0.495 e. The number of sulfonamides is 1. The first-order valence-corrected chi connectivity index (χ1v) is 8.98. The van der Waals surface area contributed by atoms with Crippen LogP contribution in [0, 0.1) is 0 Å². The summed E-state index contributed by atoms with van der Waals surface area (Å²) in [6.07, 6.45) is 4.37. The Morgan fingerprint density at radius 2 is 1.81 bits per heavy atom. The van der Waals surface area contributed by atoms with Crippen LogP contribution in [0.2, 0.25) is 0 Å². The lowest BCUT2D eigenvalue weighted by molar-refractivity contribution is 0.199. The van der Waals surface area contributed by atoms with E-state index in [1.54, 1.807) is 24.3 Å². The number of benzene rings is 1. The molecular weight excluding hydrogens is 288 g/mol. The van der Waals surface area contributed by atoms with Gasteiger partial charge in [0.15, 0.2) is 0 Å². The highest BCUT2D eigenvalue weighted by Crippen LogP contribution is 2.30. The maximum atomic E-state index is 12.5. The third-order valence-electron chi connectivity index (χ3n) is 4.27. The third-order valence-corrected chi connectivity index (χ3v) is 5.83. The van der Waals surface area contributed by atoms with E-state index in [0.29, 0.717) is 5.75 Å². The molecule has 1 saturated heterocycles. The Morgan fingerprint density at radius 3 is 2.43 bits per heavy atom. The molecule has 0 spiro atoms. The second-order valence-electron chi connectivity index (χ2n) is 5.81. The van der Waals surface area contributed by atoms with Gasteiger partial charge in [-0.05, 0) is 50.9 Å². The first-order valence-electron chi connectivity index (χ1n) is 7.49. The molecule has 6 heteroatoms. The minimum Gasteiger partial charge on any atom is -0.495 e. The van der Waals surface area contributed by atoms with Gasteiger partial charge in [-0.25, -0.2) is 13.1 Å². The molecule has 1 aliphatic carbocycles.